The van der Waals surface area contributed by atoms with Crippen LogP contribution in [0.3, 0.4) is 0 Å². The first kappa shape index (κ1) is 13.1. The number of benzene rings is 1. The van der Waals surface area contributed by atoms with Gasteiger partial charge in [0.15, 0.2) is 0 Å². The molecule has 0 spiro atoms. The van der Waals surface area contributed by atoms with Crippen molar-refractivity contribution in [3.05, 3.63) is 35.4 Å². The number of rotatable bonds is 4. The highest BCUT2D eigenvalue weighted by molar-refractivity contribution is 5.28. The zero-order valence-electron chi connectivity index (χ0n) is 11.0. The molecule has 18 heavy (non-hydrogen) atoms. The molecule has 1 heterocycles. The molecule has 1 aromatic rings. The van der Waals surface area contributed by atoms with Crippen molar-refractivity contribution in [1.82, 2.24) is 4.90 Å². The van der Waals surface area contributed by atoms with Crippen molar-refractivity contribution in [3.63, 3.8) is 0 Å². The predicted molar refractivity (Wildman–Crippen MR) is 72.9 cm³/mol. The molecule has 3 heteroatoms. The highest BCUT2D eigenvalue weighted by atomic mass is 15.1. The molecule has 1 atom stereocenters. The third-order valence-electron chi connectivity index (χ3n) is 3.64. The maximum Gasteiger partial charge on any atom is 0.101 e. The second-order valence-corrected chi connectivity index (χ2v) is 5.43. The van der Waals surface area contributed by atoms with Crippen molar-refractivity contribution in [3.8, 4) is 6.07 Å². The van der Waals surface area contributed by atoms with Gasteiger partial charge in [-0.3, -0.25) is 4.90 Å². The standard InChI is InChI=1S/C15H21N3/c1-15(17,12-16)8-4-9-18-10-7-13-5-2-3-6-14(13)11-18/h2-3,5-6H,4,7-11,17H2,1H3. The molecule has 3 nitrogen and oxygen atoms in total. The van der Waals surface area contributed by atoms with Crippen LogP contribution in [0.25, 0.3) is 0 Å². The van der Waals surface area contributed by atoms with Crippen molar-refractivity contribution in [2.24, 2.45) is 5.73 Å². The van der Waals surface area contributed by atoms with Crippen molar-refractivity contribution in [2.45, 2.75) is 38.3 Å². The number of hydrogen-bond acceptors (Lipinski definition) is 3. The van der Waals surface area contributed by atoms with Gasteiger partial charge in [0, 0.05) is 13.1 Å². The number of nitrogens with zero attached hydrogens (tertiary/aromatic N) is 2. The molecule has 0 aromatic heterocycles. The third-order valence-corrected chi connectivity index (χ3v) is 3.64. The summed E-state index contributed by atoms with van der Waals surface area (Å²) in [4.78, 5) is 2.45. The lowest BCUT2D eigenvalue weighted by atomic mass is 9.97. The molecular formula is C15H21N3. The molecule has 0 saturated heterocycles. The molecule has 0 saturated carbocycles. The van der Waals surface area contributed by atoms with Crippen LogP contribution in [0, 0.1) is 11.3 Å². The van der Waals surface area contributed by atoms with Crippen molar-refractivity contribution in [1.29, 1.82) is 5.26 Å². The lowest BCUT2D eigenvalue weighted by Crippen LogP contribution is -2.36. The molecule has 1 aromatic carbocycles. The van der Waals surface area contributed by atoms with E-state index in [2.05, 4.69) is 35.2 Å². The molecule has 0 fully saturated rings. The van der Waals surface area contributed by atoms with Crippen molar-refractivity contribution < 1.29 is 0 Å². The normalized spacial score (nSPS) is 18.7. The third kappa shape index (κ3) is 3.32. The first-order valence-corrected chi connectivity index (χ1v) is 6.60. The Balaban J connectivity index is 1.82. The van der Waals surface area contributed by atoms with Crippen molar-refractivity contribution >= 4 is 0 Å². The van der Waals surface area contributed by atoms with Gasteiger partial charge in [0.1, 0.15) is 5.54 Å². The van der Waals surface area contributed by atoms with E-state index in [0.717, 1.165) is 38.9 Å². The Kier molecular flexibility index (Phi) is 4.00. The monoisotopic (exact) mass is 243 g/mol. The van der Waals surface area contributed by atoms with Crippen molar-refractivity contribution in [2.75, 3.05) is 13.1 Å². The Labute approximate surface area is 109 Å². The van der Waals surface area contributed by atoms with E-state index < -0.39 is 5.54 Å². The van der Waals surface area contributed by atoms with E-state index in [1.807, 2.05) is 0 Å². The van der Waals surface area contributed by atoms with Crippen LogP contribution in [0.1, 0.15) is 30.9 Å². The highest BCUT2D eigenvalue weighted by Crippen LogP contribution is 2.19. The average Bonchev–Trinajstić information content (AvgIpc) is 2.38. The minimum Gasteiger partial charge on any atom is -0.314 e. The fraction of sp³-hybridized carbons (Fsp3) is 0.533. The summed E-state index contributed by atoms with van der Waals surface area (Å²) in [5.74, 6) is 0. The maximum atomic E-state index is 8.87. The van der Waals surface area contributed by atoms with Crippen LogP contribution in [0.15, 0.2) is 24.3 Å². The number of hydrogen-bond donors (Lipinski definition) is 1. The molecule has 2 rings (SSSR count). The van der Waals surface area contributed by atoms with Crippen LogP contribution >= 0.6 is 0 Å². The SMILES string of the molecule is CC(N)(C#N)CCCN1CCc2ccccc2C1. The van der Waals surface area contributed by atoms with Gasteiger partial charge < -0.3 is 5.73 Å². The lowest BCUT2D eigenvalue weighted by Gasteiger charge is -2.29. The lowest BCUT2D eigenvalue weighted by molar-refractivity contribution is 0.244. The summed E-state index contributed by atoms with van der Waals surface area (Å²) in [6.45, 7) is 4.98. The van der Waals surface area contributed by atoms with Gasteiger partial charge in [0.2, 0.25) is 0 Å². The minimum absolute atomic E-state index is 0.673. The Hall–Kier alpha value is -1.37. The van der Waals surface area contributed by atoms with Crippen LogP contribution in [-0.4, -0.2) is 23.5 Å². The summed E-state index contributed by atoms with van der Waals surface area (Å²) in [5.41, 5.74) is 8.08. The molecule has 1 unspecified atom stereocenters. The fourth-order valence-electron chi connectivity index (χ4n) is 2.47. The molecule has 1 aliphatic heterocycles. The molecule has 96 valence electrons. The second-order valence-electron chi connectivity index (χ2n) is 5.43. The van der Waals surface area contributed by atoms with Gasteiger partial charge >= 0.3 is 0 Å². The van der Waals surface area contributed by atoms with Gasteiger partial charge in [0.25, 0.3) is 0 Å². The maximum absolute atomic E-state index is 8.87. The van der Waals surface area contributed by atoms with Crippen LogP contribution < -0.4 is 5.73 Å². The van der Waals surface area contributed by atoms with E-state index in [1.165, 1.54) is 11.1 Å². The van der Waals surface area contributed by atoms with Gasteiger partial charge in [-0.15, -0.1) is 0 Å². The Morgan fingerprint density at radius 1 is 1.39 bits per heavy atom. The Morgan fingerprint density at radius 2 is 2.11 bits per heavy atom. The molecule has 0 bridgehead atoms. The van der Waals surface area contributed by atoms with E-state index in [-0.39, 0.29) is 0 Å². The van der Waals surface area contributed by atoms with Gasteiger partial charge in [-0.2, -0.15) is 5.26 Å². The van der Waals surface area contributed by atoms with E-state index >= 15 is 0 Å². The van der Waals surface area contributed by atoms with E-state index in [0.29, 0.717) is 0 Å². The molecule has 0 aliphatic carbocycles. The number of nitriles is 1. The van der Waals surface area contributed by atoms with Crippen LogP contribution in [0.5, 0.6) is 0 Å². The average molecular weight is 243 g/mol. The smallest absolute Gasteiger partial charge is 0.101 e. The van der Waals surface area contributed by atoms with Gasteiger partial charge in [-0.25, -0.2) is 0 Å². The first-order valence-electron chi connectivity index (χ1n) is 6.60. The zero-order valence-corrected chi connectivity index (χ0v) is 11.0. The summed E-state index contributed by atoms with van der Waals surface area (Å²) in [6.07, 6.45) is 2.89. The molecule has 2 N–H and O–H groups in total. The van der Waals surface area contributed by atoms with E-state index in [9.17, 15) is 0 Å². The summed E-state index contributed by atoms with van der Waals surface area (Å²) < 4.78 is 0. The van der Waals surface area contributed by atoms with Gasteiger partial charge in [0.05, 0.1) is 6.07 Å². The van der Waals surface area contributed by atoms with Crippen LogP contribution in [0.2, 0.25) is 0 Å². The Morgan fingerprint density at radius 3 is 2.83 bits per heavy atom. The van der Waals surface area contributed by atoms with Gasteiger partial charge in [-0.1, -0.05) is 24.3 Å². The molecule has 1 aliphatic rings. The quantitative estimate of drug-likeness (QED) is 0.880. The number of nitrogens with two attached hydrogens (primary N) is 1. The predicted octanol–water partition coefficient (Wildman–Crippen LogP) is 2.07. The summed E-state index contributed by atoms with van der Waals surface area (Å²) >= 11 is 0. The summed E-state index contributed by atoms with van der Waals surface area (Å²) in [6, 6.07) is 10.8. The van der Waals surface area contributed by atoms with E-state index in [4.69, 9.17) is 11.0 Å². The largest absolute Gasteiger partial charge is 0.314 e. The van der Waals surface area contributed by atoms with Crippen LogP contribution in [0.4, 0.5) is 0 Å². The minimum atomic E-state index is -0.673. The highest BCUT2D eigenvalue weighted by Gasteiger charge is 2.19. The van der Waals surface area contributed by atoms with Crippen LogP contribution in [-0.2, 0) is 13.0 Å². The zero-order chi connectivity index (χ0) is 13.0. The molecule has 0 radical (unpaired) electrons. The molecular weight excluding hydrogens is 222 g/mol. The second kappa shape index (κ2) is 5.51. The fourth-order valence-corrected chi connectivity index (χ4v) is 2.47. The number of fused-ring (bicyclic) bond motifs is 1. The van der Waals surface area contributed by atoms with E-state index in [1.54, 1.807) is 6.92 Å². The topological polar surface area (TPSA) is 53.1 Å². The first-order chi connectivity index (χ1) is 8.61. The molecule has 0 amide bonds. The summed E-state index contributed by atoms with van der Waals surface area (Å²) in [7, 11) is 0. The summed E-state index contributed by atoms with van der Waals surface area (Å²) in [5, 5.41) is 8.87. The Bertz CT molecular complexity index is 445. The van der Waals surface area contributed by atoms with Gasteiger partial charge in [-0.05, 0) is 43.9 Å².